The number of aromatic nitrogens is 1. The molecule has 1 N–H and O–H groups in total. The largest absolute Gasteiger partial charge is 0.462 e. The first-order valence-corrected chi connectivity index (χ1v) is 7.73. The molecule has 1 atom stereocenters. The summed E-state index contributed by atoms with van der Waals surface area (Å²) in [5.41, 5.74) is -0.353. The van der Waals surface area contributed by atoms with Crippen LogP contribution in [0.5, 0.6) is 0 Å². The number of hydrogen-bond acceptors (Lipinski definition) is 7. The zero-order chi connectivity index (χ0) is 16.5. The number of hydrogen-bond donors (Lipinski definition) is 1. The van der Waals surface area contributed by atoms with Crippen molar-refractivity contribution >= 4 is 34.3 Å². The number of carbonyl (C=O) groups is 3. The highest BCUT2D eigenvalue weighted by Crippen LogP contribution is 2.34. The number of amides is 1. The minimum Gasteiger partial charge on any atom is -0.462 e. The smallest absolute Gasteiger partial charge is 0.350 e. The molecule has 1 aromatic heterocycles. The Morgan fingerprint density at radius 1 is 1.50 bits per heavy atom. The van der Waals surface area contributed by atoms with E-state index < -0.39 is 23.5 Å². The molecule has 1 unspecified atom stereocenters. The lowest BCUT2D eigenvalue weighted by molar-refractivity contribution is -0.147. The summed E-state index contributed by atoms with van der Waals surface area (Å²) in [6.45, 7) is 7.05. The van der Waals surface area contributed by atoms with Gasteiger partial charge in [-0.1, -0.05) is 11.3 Å². The molecule has 1 aliphatic heterocycles. The van der Waals surface area contributed by atoms with Gasteiger partial charge in [-0.2, -0.15) is 0 Å². The maximum Gasteiger partial charge on any atom is 0.350 e. The van der Waals surface area contributed by atoms with Crippen molar-refractivity contribution in [3.8, 4) is 0 Å². The molecule has 0 spiro atoms. The predicted octanol–water partition coefficient (Wildman–Crippen LogP) is 1.91. The van der Waals surface area contributed by atoms with Crippen LogP contribution in [0.4, 0.5) is 5.13 Å². The standard InChI is InChI=1S/C14H18N2O5S/c1-5-20-12(19)10-7(2)15-13(22-10)16-11(18)8-6-9(17)21-14(8,3)4/h8H,5-6H2,1-4H3,(H,15,16,18). The van der Waals surface area contributed by atoms with Crippen LogP contribution in [0.3, 0.4) is 0 Å². The van der Waals surface area contributed by atoms with Crippen LogP contribution in [0.15, 0.2) is 0 Å². The number of anilines is 1. The average Bonchev–Trinajstić information content (AvgIpc) is 2.88. The average molecular weight is 326 g/mol. The van der Waals surface area contributed by atoms with Crippen molar-refractivity contribution in [3.05, 3.63) is 10.6 Å². The molecule has 1 aromatic rings. The lowest BCUT2D eigenvalue weighted by Gasteiger charge is -2.23. The zero-order valence-corrected chi connectivity index (χ0v) is 13.7. The fourth-order valence-electron chi connectivity index (χ4n) is 2.26. The second kappa shape index (κ2) is 6.04. The monoisotopic (exact) mass is 326 g/mol. The van der Waals surface area contributed by atoms with E-state index in [1.165, 1.54) is 0 Å². The van der Waals surface area contributed by atoms with Gasteiger partial charge in [0.1, 0.15) is 10.5 Å². The van der Waals surface area contributed by atoms with Crippen LogP contribution >= 0.6 is 11.3 Å². The van der Waals surface area contributed by atoms with Gasteiger partial charge in [0.25, 0.3) is 0 Å². The first kappa shape index (κ1) is 16.4. The van der Waals surface area contributed by atoms with Crippen molar-refractivity contribution in [2.75, 3.05) is 11.9 Å². The molecule has 0 aliphatic carbocycles. The topological polar surface area (TPSA) is 94.6 Å². The lowest BCUT2D eigenvalue weighted by Crippen LogP contribution is -2.36. The van der Waals surface area contributed by atoms with Crippen LogP contribution in [0.1, 0.15) is 42.6 Å². The van der Waals surface area contributed by atoms with E-state index in [1.54, 1.807) is 27.7 Å². The van der Waals surface area contributed by atoms with E-state index >= 15 is 0 Å². The Balaban J connectivity index is 2.11. The van der Waals surface area contributed by atoms with Crippen LogP contribution < -0.4 is 5.32 Å². The second-order valence-electron chi connectivity index (χ2n) is 5.48. The third-order valence-corrected chi connectivity index (χ3v) is 4.44. The van der Waals surface area contributed by atoms with E-state index in [1.807, 2.05) is 0 Å². The molecule has 22 heavy (non-hydrogen) atoms. The van der Waals surface area contributed by atoms with Crippen molar-refractivity contribution in [2.45, 2.75) is 39.7 Å². The number of esters is 2. The molecular formula is C14H18N2O5S. The summed E-state index contributed by atoms with van der Waals surface area (Å²) in [6, 6.07) is 0. The third kappa shape index (κ3) is 3.27. The highest BCUT2D eigenvalue weighted by molar-refractivity contribution is 7.17. The Morgan fingerprint density at radius 2 is 2.18 bits per heavy atom. The van der Waals surface area contributed by atoms with Gasteiger partial charge in [-0.25, -0.2) is 9.78 Å². The maximum absolute atomic E-state index is 12.3. The van der Waals surface area contributed by atoms with Crippen LogP contribution in [-0.2, 0) is 19.1 Å². The molecule has 0 bridgehead atoms. The number of ether oxygens (including phenoxy) is 2. The molecule has 1 amide bonds. The van der Waals surface area contributed by atoms with Crippen LogP contribution in [-0.4, -0.2) is 35.0 Å². The van der Waals surface area contributed by atoms with Gasteiger partial charge in [0, 0.05) is 0 Å². The van der Waals surface area contributed by atoms with Gasteiger partial charge in [-0.05, 0) is 27.7 Å². The number of aryl methyl sites for hydroxylation is 1. The Morgan fingerprint density at radius 3 is 2.73 bits per heavy atom. The summed E-state index contributed by atoms with van der Waals surface area (Å²) in [5, 5.41) is 2.95. The molecule has 2 heterocycles. The van der Waals surface area contributed by atoms with Crippen LogP contribution in [0.25, 0.3) is 0 Å². The van der Waals surface area contributed by atoms with Crippen molar-refractivity contribution in [1.29, 1.82) is 0 Å². The van der Waals surface area contributed by atoms with E-state index in [9.17, 15) is 14.4 Å². The second-order valence-corrected chi connectivity index (χ2v) is 6.48. The molecule has 0 aromatic carbocycles. The number of rotatable bonds is 4. The summed E-state index contributed by atoms with van der Waals surface area (Å²) in [7, 11) is 0. The third-order valence-electron chi connectivity index (χ3n) is 3.39. The van der Waals surface area contributed by atoms with Gasteiger partial charge < -0.3 is 14.8 Å². The number of cyclic esters (lactones) is 1. The Labute approximate surface area is 132 Å². The predicted molar refractivity (Wildman–Crippen MR) is 79.7 cm³/mol. The van der Waals surface area contributed by atoms with E-state index in [2.05, 4.69) is 10.3 Å². The van der Waals surface area contributed by atoms with E-state index in [0.29, 0.717) is 15.7 Å². The molecule has 1 fully saturated rings. The molecule has 0 radical (unpaired) electrons. The van der Waals surface area contributed by atoms with E-state index in [0.717, 1.165) is 11.3 Å². The fraction of sp³-hybridized carbons (Fsp3) is 0.571. The highest BCUT2D eigenvalue weighted by Gasteiger charge is 2.46. The van der Waals surface area contributed by atoms with Gasteiger partial charge in [0.2, 0.25) is 5.91 Å². The van der Waals surface area contributed by atoms with Gasteiger partial charge in [-0.3, -0.25) is 9.59 Å². The molecular weight excluding hydrogens is 308 g/mol. The molecule has 0 saturated carbocycles. The minimum atomic E-state index is -0.850. The van der Waals surface area contributed by atoms with Crippen molar-refractivity contribution in [1.82, 2.24) is 4.98 Å². The molecule has 120 valence electrons. The number of nitrogens with one attached hydrogen (secondary N) is 1. The Hall–Kier alpha value is -1.96. The summed E-state index contributed by atoms with van der Waals surface area (Å²) >= 11 is 1.05. The molecule has 8 heteroatoms. The zero-order valence-electron chi connectivity index (χ0n) is 12.9. The lowest BCUT2D eigenvalue weighted by atomic mass is 9.90. The van der Waals surface area contributed by atoms with Gasteiger partial charge in [-0.15, -0.1) is 0 Å². The summed E-state index contributed by atoms with van der Waals surface area (Å²) in [6.07, 6.45) is 0.0356. The van der Waals surface area contributed by atoms with E-state index in [4.69, 9.17) is 9.47 Å². The minimum absolute atomic E-state index is 0.0356. The molecule has 1 aliphatic rings. The van der Waals surface area contributed by atoms with Gasteiger partial charge in [0.15, 0.2) is 5.13 Å². The van der Waals surface area contributed by atoms with Crippen LogP contribution in [0, 0.1) is 12.8 Å². The SMILES string of the molecule is CCOC(=O)c1sc(NC(=O)C2CC(=O)OC2(C)C)nc1C. The first-order chi connectivity index (χ1) is 10.2. The van der Waals surface area contributed by atoms with Gasteiger partial charge in [0.05, 0.1) is 24.6 Å². The summed E-state index contributed by atoms with van der Waals surface area (Å²) < 4.78 is 10.1. The fourth-order valence-corrected chi connectivity index (χ4v) is 3.12. The Bertz CT molecular complexity index is 623. The summed E-state index contributed by atoms with van der Waals surface area (Å²) in [4.78, 5) is 39.9. The van der Waals surface area contributed by atoms with Crippen molar-refractivity contribution < 1.29 is 23.9 Å². The molecule has 7 nitrogen and oxygen atoms in total. The normalized spacial score (nSPS) is 19.6. The van der Waals surface area contributed by atoms with Gasteiger partial charge >= 0.3 is 11.9 Å². The quantitative estimate of drug-likeness (QED) is 0.849. The van der Waals surface area contributed by atoms with Crippen molar-refractivity contribution in [3.63, 3.8) is 0 Å². The number of carbonyl (C=O) groups excluding carboxylic acids is 3. The summed E-state index contributed by atoms with van der Waals surface area (Å²) in [5.74, 6) is -1.79. The van der Waals surface area contributed by atoms with Crippen LogP contribution in [0.2, 0.25) is 0 Å². The maximum atomic E-state index is 12.3. The molecule has 1 saturated heterocycles. The van der Waals surface area contributed by atoms with E-state index in [-0.39, 0.29) is 18.9 Å². The highest BCUT2D eigenvalue weighted by atomic mass is 32.1. The van der Waals surface area contributed by atoms with Crippen molar-refractivity contribution in [2.24, 2.45) is 5.92 Å². The first-order valence-electron chi connectivity index (χ1n) is 6.92. The molecule has 2 rings (SSSR count). The number of nitrogens with zero attached hydrogens (tertiary/aromatic N) is 1. The number of thiazole rings is 1. The Kier molecular flexibility index (Phi) is 4.50.